The van der Waals surface area contributed by atoms with E-state index in [1.807, 2.05) is 97.5 Å². The molecular weight excluding hydrogens is 540 g/mol. The standard InChI is InChI=1S/C38H24N6/c1-3-10-25(11-4-1)36-42-37(26-12-5-2-6-13-26)44-38(43-36)31-21-29(28-15-7-17-39-24-28)20-30(22-31)33-23-27-14-8-18-40-34(27)35-32(33)16-9-19-41-35/h1-24H. The fourth-order valence-corrected chi connectivity index (χ4v) is 5.57. The number of aromatic nitrogens is 6. The van der Waals surface area contributed by atoms with Gasteiger partial charge in [-0.05, 0) is 59.2 Å². The predicted octanol–water partition coefficient (Wildman–Crippen LogP) is 8.70. The number of hydrogen-bond acceptors (Lipinski definition) is 6. The van der Waals surface area contributed by atoms with Crippen molar-refractivity contribution in [3.63, 3.8) is 0 Å². The number of hydrogen-bond donors (Lipinski definition) is 0. The second-order valence-electron chi connectivity index (χ2n) is 10.5. The third-order valence-corrected chi connectivity index (χ3v) is 7.66. The van der Waals surface area contributed by atoms with Gasteiger partial charge in [0.15, 0.2) is 17.5 Å². The van der Waals surface area contributed by atoms with Crippen molar-refractivity contribution in [3.8, 4) is 56.4 Å². The van der Waals surface area contributed by atoms with Gasteiger partial charge >= 0.3 is 0 Å². The first kappa shape index (κ1) is 25.6. The molecule has 206 valence electrons. The Hall–Kier alpha value is -6.14. The molecule has 44 heavy (non-hydrogen) atoms. The van der Waals surface area contributed by atoms with Crippen LogP contribution in [0.25, 0.3) is 78.2 Å². The van der Waals surface area contributed by atoms with E-state index in [1.165, 1.54) is 0 Å². The van der Waals surface area contributed by atoms with Gasteiger partial charge in [-0.3, -0.25) is 15.0 Å². The minimum atomic E-state index is 0.592. The van der Waals surface area contributed by atoms with Crippen molar-refractivity contribution in [2.75, 3.05) is 0 Å². The van der Waals surface area contributed by atoms with Crippen molar-refractivity contribution in [2.24, 2.45) is 0 Å². The lowest BCUT2D eigenvalue weighted by molar-refractivity contribution is 1.07. The maximum atomic E-state index is 5.02. The molecule has 0 saturated heterocycles. The van der Waals surface area contributed by atoms with Crippen LogP contribution >= 0.6 is 0 Å². The summed E-state index contributed by atoms with van der Waals surface area (Å²) in [5.41, 5.74) is 8.57. The van der Waals surface area contributed by atoms with Crippen molar-refractivity contribution in [2.45, 2.75) is 0 Å². The van der Waals surface area contributed by atoms with E-state index in [1.54, 1.807) is 6.20 Å². The Kier molecular flexibility index (Phi) is 6.35. The smallest absolute Gasteiger partial charge is 0.164 e. The van der Waals surface area contributed by atoms with Crippen LogP contribution in [0.5, 0.6) is 0 Å². The summed E-state index contributed by atoms with van der Waals surface area (Å²) in [5, 5.41) is 2.05. The third kappa shape index (κ3) is 4.74. The lowest BCUT2D eigenvalue weighted by Crippen LogP contribution is -2.00. The summed E-state index contributed by atoms with van der Waals surface area (Å²) in [4.78, 5) is 28.7. The Bertz CT molecular complexity index is 2210. The first-order valence-electron chi connectivity index (χ1n) is 14.4. The number of fused-ring (bicyclic) bond motifs is 3. The first-order chi connectivity index (χ1) is 21.8. The highest BCUT2D eigenvalue weighted by Crippen LogP contribution is 2.37. The van der Waals surface area contributed by atoms with Gasteiger partial charge in [0, 0.05) is 57.8 Å². The Labute approximate surface area is 253 Å². The van der Waals surface area contributed by atoms with Crippen molar-refractivity contribution in [1.82, 2.24) is 29.9 Å². The third-order valence-electron chi connectivity index (χ3n) is 7.66. The Morgan fingerprint density at radius 2 is 0.955 bits per heavy atom. The topological polar surface area (TPSA) is 77.3 Å². The SMILES string of the molecule is c1ccc(-c2nc(-c3ccccc3)nc(-c3cc(-c4cccnc4)cc(-c4cc5cccnc5c5ncccc45)c3)n2)cc1. The van der Waals surface area contributed by atoms with Gasteiger partial charge in [-0.15, -0.1) is 0 Å². The summed E-state index contributed by atoms with van der Waals surface area (Å²) in [6.07, 6.45) is 7.30. The minimum Gasteiger partial charge on any atom is -0.264 e. The van der Waals surface area contributed by atoms with Crippen LogP contribution in [0, 0.1) is 0 Å². The maximum absolute atomic E-state index is 5.02. The first-order valence-corrected chi connectivity index (χ1v) is 14.4. The molecule has 0 N–H and O–H groups in total. The van der Waals surface area contributed by atoms with Gasteiger partial charge in [0.25, 0.3) is 0 Å². The number of benzene rings is 4. The molecule has 4 aromatic heterocycles. The van der Waals surface area contributed by atoms with Gasteiger partial charge in [0.05, 0.1) is 11.0 Å². The number of rotatable bonds is 5. The number of pyridine rings is 3. The average Bonchev–Trinajstić information content (AvgIpc) is 3.12. The van der Waals surface area contributed by atoms with Crippen LogP contribution in [0.15, 0.2) is 146 Å². The molecule has 8 rings (SSSR count). The normalized spacial score (nSPS) is 11.2. The molecule has 0 aliphatic carbocycles. The minimum absolute atomic E-state index is 0.592. The molecular formula is C38H24N6. The van der Waals surface area contributed by atoms with Crippen molar-refractivity contribution in [1.29, 1.82) is 0 Å². The Morgan fingerprint density at radius 1 is 0.386 bits per heavy atom. The van der Waals surface area contributed by atoms with Gasteiger partial charge in [0.2, 0.25) is 0 Å². The lowest BCUT2D eigenvalue weighted by atomic mass is 9.93. The molecule has 0 atom stereocenters. The molecule has 0 spiro atoms. The van der Waals surface area contributed by atoms with E-state index in [9.17, 15) is 0 Å². The summed E-state index contributed by atoms with van der Waals surface area (Å²) in [5.74, 6) is 1.83. The maximum Gasteiger partial charge on any atom is 0.164 e. The molecule has 4 aromatic carbocycles. The molecule has 0 bridgehead atoms. The van der Waals surface area contributed by atoms with Gasteiger partial charge in [-0.25, -0.2) is 15.0 Å². The summed E-state index contributed by atoms with van der Waals surface area (Å²) in [7, 11) is 0. The van der Waals surface area contributed by atoms with Crippen molar-refractivity contribution < 1.29 is 0 Å². The van der Waals surface area contributed by atoms with E-state index in [2.05, 4.69) is 52.4 Å². The monoisotopic (exact) mass is 564 g/mol. The van der Waals surface area contributed by atoms with Crippen LogP contribution in [-0.4, -0.2) is 29.9 Å². The average molecular weight is 565 g/mol. The molecule has 4 heterocycles. The van der Waals surface area contributed by atoms with Crippen LogP contribution in [-0.2, 0) is 0 Å². The van der Waals surface area contributed by atoms with E-state index < -0.39 is 0 Å². The van der Waals surface area contributed by atoms with E-state index in [0.717, 1.165) is 60.8 Å². The molecule has 0 unspecified atom stereocenters. The predicted molar refractivity (Wildman–Crippen MR) is 175 cm³/mol. The highest BCUT2D eigenvalue weighted by molar-refractivity contribution is 6.10. The molecule has 0 aliphatic rings. The zero-order chi connectivity index (χ0) is 29.3. The van der Waals surface area contributed by atoms with Crippen LogP contribution in [0.1, 0.15) is 0 Å². The lowest BCUT2D eigenvalue weighted by Gasteiger charge is -2.14. The van der Waals surface area contributed by atoms with Crippen molar-refractivity contribution >= 4 is 21.8 Å². The van der Waals surface area contributed by atoms with Gasteiger partial charge in [0.1, 0.15) is 0 Å². The van der Waals surface area contributed by atoms with E-state index in [0.29, 0.717) is 17.5 Å². The van der Waals surface area contributed by atoms with Crippen LogP contribution in [0.3, 0.4) is 0 Å². The van der Waals surface area contributed by atoms with Gasteiger partial charge < -0.3 is 0 Å². The fraction of sp³-hybridized carbons (Fsp3) is 0. The fourth-order valence-electron chi connectivity index (χ4n) is 5.57. The molecule has 0 radical (unpaired) electrons. The van der Waals surface area contributed by atoms with E-state index in [4.69, 9.17) is 19.9 Å². The second kappa shape index (κ2) is 10.9. The van der Waals surface area contributed by atoms with Crippen molar-refractivity contribution in [3.05, 3.63) is 146 Å². The van der Waals surface area contributed by atoms with Crippen LogP contribution in [0.2, 0.25) is 0 Å². The van der Waals surface area contributed by atoms with Crippen LogP contribution < -0.4 is 0 Å². The largest absolute Gasteiger partial charge is 0.264 e. The molecule has 0 aliphatic heterocycles. The summed E-state index contributed by atoms with van der Waals surface area (Å²) < 4.78 is 0. The molecule has 6 nitrogen and oxygen atoms in total. The van der Waals surface area contributed by atoms with Gasteiger partial charge in [-0.1, -0.05) is 78.9 Å². The zero-order valence-corrected chi connectivity index (χ0v) is 23.5. The summed E-state index contributed by atoms with van der Waals surface area (Å²) in [6.45, 7) is 0. The molecule has 8 aromatic rings. The highest BCUT2D eigenvalue weighted by Gasteiger charge is 2.17. The van der Waals surface area contributed by atoms with E-state index >= 15 is 0 Å². The quantitative estimate of drug-likeness (QED) is 0.195. The Balaban J connectivity index is 1.41. The van der Waals surface area contributed by atoms with Gasteiger partial charge in [-0.2, -0.15) is 0 Å². The molecule has 0 amide bonds. The summed E-state index contributed by atoms with van der Waals surface area (Å²) >= 11 is 0. The van der Waals surface area contributed by atoms with E-state index in [-0.39, 0.29) is 0 Å². The molecule has 0 saturated carbocycles. The molecule has 6 heteroatoms. The zero-order valence-electron chi connectivity index (χ0n) is 23.5. The van der Waals surface area contributed by atoms with Crippen LogP contribution in [0.4, 0.5) is 0 Å². The summed E-state index contributed by atoms with van der Waals surface area (Å²) in [6, 6.07) is 40.9. The molecule has 0 fully saturated rings. The Morgan fingerprint density at radius 3 is 1.64 bits per heavy atom. The second-order valence-corrected chi connectivity index (χ2v) is 10.5. The number of nitrogens with zero attached hydrogens (tertiary/aromatic N) is 6. The highest BCUT2D eigenvalue weighted by atomic mass is 15.0.